The highest BCUT2D eigenvalue weighted by atomic mass is 16.3. The fraction of sp³-hybridized carbons (Fsp3) is 0.115. The van der Waals surface area contributed by atoms with Gasteiger partial charge in [0, 0.05) is 17.3 Å². The number of aliphatic hydroxyl groups excluding tert-OH is 1. The molecule has 1 aromatic heterocycles. The monoisotopic (exact) mass is 435 g/mol. The lowest BCUT2D eigenvalue weighted by atomic mass is 9.84. The largest absolute Gasteiger partial charge is 0.506 e. The fourth-order valence-electron chi connectivity index (χ4n) is 4.96. The summed E-state index contributed by atoms with van der Waals surface area (Å²) in [6, 6.07) is 19.9. The highest BCUT2D eigenvalue weighted by Gasteiger charge is 2.59. The maximum Gasteiger partial charge on any atom is 0.243 e. The molecule has 1 aliphatic carbocycles. The van der Waals surface area contributed by atoms with Crippen molar-refractivity contribution in [3.8, 4) is 0 Å². The normalized spacial score (nSPS) is 23.8. The van der Waals surface area contributed by atoms with Gasteiger partial charge in [0.1, 0.15) is 11.8 Å². The minimum Gasteiger partial charge on any atom is -0.506 e. The molecule has 160 valence electrons. The maximum atomic E-state index is 13.6. The minimum absolute atomic E-state index is 0.0132. The first-order valence-corrected chi connectivity index (χ1v) is 10.6. The summed E-state index contributed by atoms with van der Waals surface area (Å²) >= 11 is 0. The van der Waals surface area contributed by atoms with Gasteiger partial charge in [-0.1, -0.05) is 48.5 Å². The van der Waals surface area contributed by atoms with E-state index in [1.165, 1.54) is 0 Å². The number of pyridine rings is 1. The van der Waals surface area contributed by atoms with Crippen molar-refractivity contribution in [2.45, 2.75) is 6.04 Å². The molecule has 2 aromatic carbocycles. The summed E-state index contributed by atoms with van der Waals surface area (Å²) in [4.78, 5) is 50.6. The lowest BCUT2D eigenvalue weighted by molar-refractivity contribution is -0.122. The topological polar surface area (TPSA) is 99.9 Å². The molecule has 3 heterocycles. The number of carbonyl (C=O) groups is 3. The van der Waals surface area contributed by atoms with Crippen LogP contribution in [0.3, 0.4) is 0 Å². The Labute approximate surface area is 188 Å². The molecule has 0 spiro atoms. The third-order valence-corrected chi connectivity index (χ3v) is 6.42. The zero-order chi connectivity index (χ0) is 22.7. The Bertz CT molecular complexity index is 1400. The lowest BCUT2D eigenvalue weighted by Crippen LogP contribution is -2.33. The highest BCUT2D eigenvalue weighted by molar-refractivity contribution is 6.42. The van der Waals surface area contributed by atoms with Crippen molar-refractivity contribution in [1.29, 1.82) is 0 Å². The number of aromatic nitrogens is 1. The van der Waals surface area contributed by atoms with Gasteiger partial charge >= 0.3 is 0 Å². The molecule has 2 aliphatic heterocycles. The van der Waals surface area contributed by atoms with Crippen LogP contribution in [0.5, 0.6) is 0 Å². The van der Waals surface area contributed by atoms with Gasteiger partial charge in [-0.15, -0.1) is 0 Å². The number of anilines is 1. The number of ketones is 1. The standard InChI is InChI=1S/C26H17N3O4/c30-23-15-10-4-5-11-16(15)24(31)20(23)22-19-18(21(28-22)17-12-6-7-13-27-17)25(32)29(26(19)33)14-8-2-1-3-9-14/h1-13,18-19,21,30H/t18-,19+,21+/m0/s1. The van der Waals surface area contributed by atoms with Crippen LogP contribution in [0, 0.1) is 11.8 Å². The number of allylic oxidation sites excluding steroid dienone is 1. The Hall–Kier alpha value is -4.39. The molecule has 33 heavy (non-hydrogen) atoms. The smallest absolute Gasteiger partial charge is 0.243 e. The van der Waals surface area contributed by atoms with E-state index < -0.39 is 35.5 Å². The van der Waals surface area contributed by atoms with Crippen molar-refractivity contribution in [1.82, 2.24) is 4.98 Å². The Morgan fingerprint density at radius 3 is 2.18 bits per heavy atom. The van der Waals surface area contributed by atoms with E-state index in [4.69, 9.17) is 0 Å². The number of nitrogens with zero attached hydrogens (tertiary/aromatic N) is 3. The van der Waals surface area contributed by atoms with Crippen molar-refractivity contribution in [3.05, 3.63) is 101 Å². The van der Waals surface area contributed by atoms with Crippen molar-refractivity contribution in [3.63, 3.8) is 0 Å². The quantitative estimate of drug-likeness (QED) is 0.635. The number of fused-ring (bicyclic) bond motifs is 2. The van der Waals surface area contributed by atoms with Gasteiger partial charge < -0.3 is 5.11 Å². The molecule has 3 aliphatic rings. The number of aliphatic hydroxyl groups is 1. The van der Waals surface area contributed by atoms with E-state index in [0.717, 1.165) is 4.90 Å². The number of Topliss-reactive ketones (excluding diaryl/α,β-unsaturated/α-hetero) is 1. The number of hydrogen-bond donors (Lipinski definition) is 1. The molecule has 1 N–H and O–H groups in total. The van der Waals surface area contributed by atoms with Crippen LogP contribution in [0.2, 0.25) is 0 Å². The van der Waals surface area contributed by atoms with Gasteiger partial charge in [-0.3, -0.25) is 24.4 Å². The van der Waals surface area contributed by atoms with Crippen molar-refractivity contribution >= 4 is 34.8 Å². The average molecular weight is 435 g/mol. The summed E-state index contributed by atoms with van der Waals surface area (Å²) in [5.74, 6) is -3.31. The molecule has 2 amide bonds. The molecule has 0 bridgehead atoms. The SMILES string of the molecule is O=C1C(C2=N[C@H](c3ccccn3)[C@H]3C(=O)N(c4ccccc4)C(=O)[C@@H]23)=C(O)c2ccccc21. The number of benzene rings is 2. The van der Waals surface area contributed by atoms with E-state index >= 15 is 0 Å². The van der Waals surface area contributed by atoms with E-state index in [1.54, 1.807) is 79.0 Å². The lowest BCUT2D eigenvalue weighted by Gasteiger charge is -2.17. The Balaban J connectivity index is 1.52. The van der Waals surface area contributed by atoms with Gasteiger partial charge in [0.25, 0.3) is 0 Å². The number of imide groups is 1. The Kier molecular flexibility index (Phi) is 4.13. The summed E-state index contributed by atoms with van der Waals surface area (Å²) in [6.45, 7) is 0. The van der Waals surface area contributed by atoms with Crippen LogP contribution in [0.25, 0.3) is 5.76 Å². The van der Waals surface area contributed by atoms with Crippen LogP contribution < -0.4 is 4.90 Å². The molecule has 3 atom stereocenters. The van der Waals surface area contributed by atoms with Crippen molar-refractivity contribution < 1.29 is 19.5 Å². The first-order valence-electron chi connectivity index (χ1n) is 10.6. The third kappa shape index (κ3) is 2.65. The number of hydrogen-bond acceptors (Lipinski definition) is 6. The molecule has 0 radical (unpaired) electrons. The molecule has 6 rings (SSSR count). The van der Waals surface area contributed by atoms with Gasteiger partial charge in [0.2, 0.25) is 11.8 Å². The summed E-state index contributed by atoms with van der Waals surface area (Å²) in [5, 5.41) is 10.9. The van der Waals surface area contributed by atoms with Crippen LogP contribution in [0.4, 0.5) is 5.69 Å². The molecule has 0 unspecified atom stereocenters. The van der Waals surface area contributed by atoms with Crippen LogP contribution in [-0.4, -0.2) is 33.4 Å². The highest BCUT2D eigenvalue weighted by Crippen LogP contribution is 2.48. The van der Waals surface area contributed by atoms with E-state index in [-0.39, 0.29) is 17.0 Å². The first-order chi connectivity index (χ1) is 16.1. The van der Waals surface area contributed by atoms with Gasteiger partial charge in [-0.25, -0.2) is 4.90 Å². The van der Waals surface area contributed by atoms with Crippen LogP contribution in [0.15, 0.2) is 89.6 Å². The van der Waals surface area contributed by atoms with Crippen LogP contribution in [0.1, 0.15) is 27.7 Å². The minimum atomic E-state index is -0.986. The second-order valence-corrected chi connectivity index (χ2v) is 8.16. The summed E-state index contributed by atoms with van der Waals surface area (Å²) in [6.07, 6.45) is 1.60. The predicted octanol–water partition coefficient (Wildman–Crippen LogP) is 3.55. The number of aliphatic imine (C=N–C) groups is 1. The number of para-hydroxylation sites is 1. The molecule has 7 nitrogen and oxygen atoms in total. The molecular formula is C26H17N3O4. The van der Waals surface area contributed by atoms with Crippen molar-refractivity contribution in [2.24, 2.45) is 16.8 Å². The van der Waals surface area contributed by atoms with E-state index in [9.17, 15) is 19.5 Å². The molecule has 7 heteroatoms. The van der Waals surface area contributed by atoms with Gasteiger partial charge in [-0.2, -0.15) is 0 Å². The maximum absolute atomic E-state index is 13.6. The van der Waals surface area contributed by atoms with Crippen LogP contribution >= 0.6 is 0 Å². The molecule has 1 fully saturated rings. The van der Waals surface area contributed by atoms with Crippen molar-refractivity contribution in [2.75, 3.05) is 4.90 Å². The van der Waals surface area contributed by atoms with Gasteiger partial charge in [0.05, 0.1) is 34.5 Å². The number of carbonyl (C=O) groups excluding carboxylic acids is 3. The second kappa shape index (κ2) is 7.06. The molecule has 3 aromatic rings. The molecule has 1 saturated heterocycles. The second-order valence-electron chi connectivity index (χ2n) is 8.16. The summed E-state index contributed by atoms with van der Waals surface area (Å²) in [5.41, 5.74) is 1.87. The van der Waals surface area contributed by atoms with E-state index in [1.807, 2.05) is 0 Å². The third-order valence-electron chi connectivity index (χ3n) is 6.42. The Morgan fingerprint density at radius 1 is 0.788 bits per heavy atom. The van der Waals surface area contributed by atoms with Crippen LogP contribution in [-0.2, 0) is 9.59 Å². The molecular weight excluding hydrogens is 418 g/mol. The van der Waals surface area contributed by atoms with E-state index in [2.05, 4.69) is 9.98 Å². The number of rotatable bonds is 3. The van der Waals surface area contributed by atoms with E-state index in [0.29, 0.717) is 22.5 Å². The Morgan fingerprint density at radius 2 is 1.48 bits per heavy atom. The summed E-state index contributed by atoms with van der Waals surface area (Å²) < 4.78 is 0. The average Bonchev–Trinajstić information content (AvgIpc) is 3.44. The zero-order valence-electron chi connectivity index (χ0n) is 17.3. The van der Waals surface area contributed by atoms with Gasteiger partial charge in [0.15, 0.2) is 5.78 Å². The first kappa shape index (κ1) is 19.3. The van der Waals surface area contributed by atoms with Gasteiger partial charge in [-0.05, 0) is 24.3 Å². The number of amides is 2. The molecule has 0 saturated carbocycles. The predicted molar refractivity (Wildman–Crippen MR) is 121 cm³/mol. The summed E-state index contributed by atoms with van der Waals surface area (Å²) in [7, 11) is 0. The zero-order valence-corrected chi connectivity index (χ0v) is 17.3. The fourth-order valence-corrected chi connectivity index (χ4v) is 4.96.